The zero-order valence-electron chi connectivity index (χ0n) is 26.7. The minimum Gasteiger partial charge on any atom is -0.0654 e. The van der Waals surface area contributed by atoms with Crippen molar-refractivity contribution in [1.82, 2.24) is 0 Å². The van der Waals surface area contributed by atoms with Crippen molar-refractivity contribution in [2.75, 3.05) is 0 Å². The van der Waals surface area contributed by atoms with Crippen LogP contribution < -0.4 is 10.4 Å². The third kappa shape index (κ3) is 13.7. The van der Waals surface area contributed by atoms with E-state index in [-0.39, 0.29) is 0 Å². The van der Waals surface area contributed by atoms with Crippen molar-refractivity contribution in [3.8, 4) is 0 Å². The van der Waals surface area contributed by atoms with Gasteiger partial charge in [-0.15, -0.1) is 0 Å². The van der Waals surface area contributed by atoms with Gasteiger partial charge >= 0.3 is 0 Å². The van der Waals surface area contributed by atoms with Crippen LogP contribution in [0.15, 0.2) is 48.5 Å². The SMILES string of the molecule is CCCCCCCCCCCC[Si](CCCCCCCCCCCC)(c1cccc(C)c1)c1cccc(C)c1. The first-order chi connectivity index (χ1) is 19.1. The topological polar surface area (TPSA) is 0 Å². The molecular formula is C38H64Si. The van der Waals surface area contributed by atoms with Crippen molar-refractivity contribution in [3.05, 3.63) is 59.7 Å². The third-order valence-electron chi connectivity index (χ3n) is 9.06. The van der Waals surface area contributed by atoms with Gasteiger partial charge in [0.15, 0.2) is 0 Å². The third-order valence-corrected chi connectivity index (χ3v) is 14.3. The summed E-state index contributed by atoms with van der Waals surface area (Å²) in [7, 11) is -1.79. The van der Waals surface area contributed by atoms with E-state index in [9.17, 15) is 0 Å². The highest BCUT2D eigenvalue weighted by molar-refractivity contribution is 7.02. The van der Waals surface area contributed by atoms with Crippen LogP contribution in [-0.2, 0) is 0 Å². The normalized spacial score (nSPS) is 11.8. The molecule has 0 aliphatic rings. The lowest BCUT2D eigenvalue weighted by atomic mass is 10.1. The average molecular weight is 549 g/mol. The molecule has 2 aromatic carbocycles. The Balaban J connectivity index is 1.98. The van der Waals surface area contributed by atoms with Crippen LogP contribution in [0.5, 0.6) is 0 Å². The second-order valence-corrected chi connectivity index (χ2v) is 17.0. The van der Waals surface area contributed by atoms with Crippen LogP contribution in [0.3, 0.4) is 0 Å². The molecular weight excluding hydrogens is 485 g/mol. The molecule has 2 rings (SSSR count). The van der Waals surface area contributed by atoms with Crippen LogP contribution in [-0.4, -0.2) is 8.07 Å². The number of unbranched alkanes of at least 4 members (excludes halogenated alkanes) is 18. The number of aryl methyl sites for hydroxylation is 2. The summed E-state index contributed by atoms with van der Waals surface area (Å²) in [6.07, 6.45) is 28.5. The van der Waals surface area contributed by atoms with Gasteiger partial charge in [-0.05, 0) is 25.9 Å². The molecule has 0 N–H and O–H groups in total. The Morgan fingerprint density at radius 2 is 0.718 bits per heavy atom. The maximum Gasteiger partial charge on any atom is 0.118 e. The summed E-state index contributed by atoms with van der Waals surface area (Å²) in [4.78, 5) is 0. The van der Waals surface area contributed by atoms with Gasteiger partial charge in [-0.1, -0.05) is 212 Å². The lowest BCUT2D eigenvalue weighted by Crippen LogP contribution is -2.58. The first kappa shape index (κ1) is 33.9. The molecule has 0 bridgehead atoms. The van der Waals surface area contributed by atoms with E-state index in [1.165, 1.54) is 152 Å². The van der Waals surface area contributed by atoms with Crippen molar-refractivity contribution in [1.29, 1.82) is 0 Å². The summed E-state index contributed by atoms with van der Waals surface area (Å²) >= 11 is 0. The summed E-state index contributed by atoms with van der Waals surface area (Å²) in [6, 6.07) is 22.2. The lowest BCUT2D eigenvalue weighted by molar-refractivity contribution is 0.559. The van der Waals surface area contributed by atoms with E-state index < -0.39 is 8.07 Å². The van der Waals surface area contributed by atoms with Gasteiger partial charge in [0.05, 0.1) is 0 Å². The predicted octanol–water partition coefficient (Wildman–Crippen LogP) is 11.7. The van der Waals surface area contributed by atoms with Crippen molar-refractivity contribution in [3.63, 3.8) is 0 Å². The van der Waals surface area contributed by atoms with Crippen molar-refractivity contribution < 1.29 is 0 Å². The number of benzene rings is 2. The lowest BCUT2D eigenvalue weighted by Gasteiger charge is -2.34. The molecule has 0 spiro atoms. The summed E-state index contributed by atoms with van der Waals surface area (Å²) in [5, 5.41) is 3.39. The Morgan fingerprint density at radius 3 is 1.03 bits per heavy atom. The maximum atomic E-state index is 2.56. The Labute approximate surface area is 245 Å². The van der Waals surface area contributed by atoms with E-state index in [4.69, 9.17) is 0 Å². The highest BCUT2D eigenvalue weighted by atomic mass is 28.3. The zero-order chi connectivity index (χ0) is 28.0. The second-order valence-electron chi connectivity index (χ2n) is 12.7. The molecule has 2 aromatic rings. The van der Waals surface area contributed by atoms with E-state index in [1.807, 2.05) is 0 Å². The van der Waals surface area contributed by atoms with Gasteiger partial charge in [-0.2, -0.15) is 0 Å². The molecule has 0 saturated carbocycles. The molecule has 1 heteroatoms. The summed E-state index contributed by atoms with van der Waals surface area (Å²) in [5.74, 6) is 0. The second kappa shape index (κ2) is 21.4. The fourth-order valence-electron chi connectivity index (χ4n) is 6.58. The van der Waals surface area contributed by atoms with Crippen LogP contribution in [0.25, 0.3) is 0 Å². The molecule has 0 heterocycles. The van der Waals surface area contributed by atoms with Crippen LogP contribution in [0.2, 0.25) is 12.1 Å². The number of hydrogen-bond donors (Lipinski definition) is 0. The van der Waals surface area contributed by atoms with Crippen molar-refractivity contribution in [2.45, 2.75) is 168 Å². The van der Waals surface area contributed by atoms with E-state index in [1.54, 1.807) is 10.4 Å². The molecule has 0 aromatic heterocycles. The molecule has 0 unspecified atom stereocenters. The fraction of sp³-hybridized carbons (Fsp3) is 0.684. The highest BCUT2D eigenvalue weighted by Gasteiger charge is 2.36. The number of rotatable bonds is 24. The minimum absolute atomic E-state index is 1.35. The van der Waals surface area contributed by atoms with Crippen LogP contribution in [0, 0.1) is 13.8 Å². The van der Waals surface area contributed by atoms with E-state index in [0.29, 0.717) is 0 Å². The van der Waals surface area contributed by atoms with Crippen LogP contribution in [0.1, 0.15) is 153 Å². The molecule has 0 atom stereocenters. The smallest absolute Gasteiger partial charge is 0.0654 e. The number of hydrogen-bond acceptors (Lipinski definition) is 0. The monoisotopic (exact) mass is 548 g/mol. The van der Waals surface area contributed by atoms with Gasteiger partial charge in [0.25, 0.3) is 0 Å². The summed E-state index contributed by atoms with van der Waals surface area (Å²) in [5.41, 5.74) is 2.87. The molecule has 0 amide bonds. The molecule has 0 nitrogen and oxygen atoms in total. The minimum atomic E-state index is -1.79. The van der Waals surface area contributed by atoms with Gasteiger partial charge < -0.3 is 0 Å². The Morgan fingerprint density at radius 1 is 0.410 bits per heavy atom. The summed E-state index contributed by atoms with van der Waals surface area (Å²) < 4.78 is 0. The van der Waals surface area contributed by atoms with Crippen molar-refractivity contribution in [2.24, 2.45) is 0 Å². The first-order valence-corrected chi connectivity index (χ1v) is 19.7. The molecule has 0 fully saturated rings. The van der Waals surface area contributed by atoms with Crippen LogP contribution in [0.4, 0.5) is 0 Å². The molecule has 39 heavy (non-hydrogen) atoms. The molecule has 220 valence electrons. The van der Waals surface area contributed by atoms with Gasteiger partial charge in [-0.25, -0.2) is 0 Å². The standard InChI is InChI=1S/C38H64Si/c1-5-7-9-11-13-15-17-19-21-23-31-39(37-29-25-27-35(3)33-37,38-30-26-28-36(4)34-38)32-24-22-20-18-16-14-12-10-8-6-2/h25-30,33-34H,5-24,31-32H2,1-4H3. The molecule has 0 radical (unpaired) electrons. The highest BCUT2D eigenvalue weighted by Crippen LogP contribution is 2.26. The Hall–Kier alpha value is -1.34. The molecule has 0 aliphatic carbocycles. The van der Waals surface area contributed by atoms with Gasteiger partial charge in [0.1, 0.15) is 8.07 Å². The van der Waals surface area contributed by atoms with Gasteiger partial charge in [0.2, 0.25) is 0 Å². The maximum absolute atomic E-state index is 2.56. The largest absolute Gasteiger partial charge is 0.118 e. The molecule has 0 saturated heterocycles. The quantitative estimate of drug-likeness (QED) is 0.0903. The Bertz CT molecular complexity index is 782. The Kier molecular flexibility index (Phi) is 18.6. The first-order valence-electron chi connectivity index (χ1n) is 17.3. The fourth-order valence-corrected chi connectivity index (χ4v) is 11.9. The van der Waals surface area contributed by atoms with E-state index in [2.05, 4.69) is 76.2 Å². The average Bonchev–Trinajstić information content (AvgIpc) is 2.94. The zero-order valence-corrected chi connectivity index (χ0v) is 27.7. The van der Waals surface area contributed by atoms with Crippen molar-refractivity contribution >= 4 is 18.4 Å². The van der Waals surface area contributed by atoms with Gasteiger partial charge in [-0.3, -0.25) is 0 Å². The molecule has 0 aliphatic heterocycles. The van der Waals surface area contributed by atoms with E-state index >= 15 is 0 Å². The van der Waals surface area contributed by atoms with Crippen LogP contribution >= 0.6 is 0 Å². The van der Waals surface area contributed by atoms with E-state index in [0.717, 1.165) is 0 Å². The predicted molar refractivity (Wildman–Crippen MR) is 181 cm³/mol. The van der Waals surface area contributed by atoms with Gasteiger partial charge in [0, 0.05) is 0 Å². The summed E-state index contributed by atoms with van der Waals surface area (Å²) in [6.45, 7) is 9.21.